The molecule has 0 saturated heterocycles. The standard InChI is InChI=1S/C22H17NO/c1-15-8-7-11-17(14-15)23-21-18-12-5-6-13-19(18)22(24)20(21)16-9-3-2-4-10-16/h2-14,20H,1H3. The average Bonchev–Trinajstić information content (AvgIpc) is 2.88. The van der Waals surface area contributed by atoms with E-state index in [2.05, 4.69) is 0 Å². The number of carbonyl (C=O) groups excluding carboxylic acids is 1. The van der Waals surface area contributed by atoms with E-state index in [1.54, 1.807) is 0 Å². The van der Waals surface area contributed by atoms with E-state index in [0.29, 0.717) is 0 Å². The van der Waals surface area contributed by atoms with Gasteiger partial charge >= 0.3 is 0 Å². The van der Waals surface area contributed by atoms with Gasteiger partial charge in [-0.25, -0.2) is 0 Å². The lowest BCUT2D eigenvalue weighted by Crippen LogP contribution is -2.13. The van der Waals surface area contributed by atoms with E-state index in [-0.39, 0.29) is 11.7 Å². The maximum atomic E-state index is 13.0. The minimum absolute atomic E-state index is 0.128. The summed E-state index contributed by atoms with van der Waals surface area (Å²) in [6.07, 6.45) is 0. The monoisotopic (exact) mass is 311 g/mol. The zero-order chi connectivity index (χ0) is 16.5. The van der Waals surface area contributed by atoms with E-state index in [1.807, 2.05) is 85.8 Å². The predicted octanol–water partition coefficient (Wildman–Crippen LogP) is 5.10. The van der Waals surface area contributed by atoms with Crippen LogP contribution in [0, 0.1) is 6.92 Å². The van der Waals surface area contributed by atoms with Gasteiger partial charge in [-0.3, -0.25) is 9.79 Å². The zero-order valence-electron chi connectivity index (χ0n) is 13.4. The number of carbonyl (C=O) groups is 1. The topological polar surface area (TPSA) is 29.4 Å². The first-order valence-corrected chi connectivity index (χ1v) is 8.08. The maximum absolute atomic E-state index is 13.0. The van der Waals surface area contributed by atoms with Crippen LogP contribution in [0.2, 0.25) is 0 Å². The molecule has 0 aromatic heterocycles. The Morgan fingerprint density at radius 1 is 0.792 bits per heavy atom. The third kappa shape index (κ3) is 2.46. The quantitative estimate of drug-likeness (QED) is 0.647. The molecule has 0 saturated carbocycles. The van der Waals surface area contributed by atoms with E-state index in [1.165, 1.54) is 0 Å². The highest BCUT2D eigenvalue weighted by Gasteiger charge is 2.37. The first-order chi connectivity index (χ1) is 11.7. The van der Waals surface area contributed by atoms with Gasteiger partial charge in [0.2, 0.25) is 0 Å². The summed E-state index contributed by atoms with van der Waals surface area (Å²) in [7, 11) is 0. The molecule has 0 heterocycles. The van der Waals surface area contributed by atoms with Gasteiger partial charge in [0.25, 0.3) is 0 Å². The first-order valence-electron chi connectivity index (χ1n) is 8.08. The molecule has 0 fully saturated rings. The van der Waals surface area contributed by atoms with Gasteiger partial charge < -0.3 is 0 Å². The molecule has 0 aliphatic heterocycles. The van der Waals surface area contributed by atoms with Crippen LogP contribution in [0.4, 0.5) is 5.69 Å². The fourth-order valence-electron chi connectivity index (χ4n) is 3.27. The van der Waals surface area contributed by atoms with E-state index < -0.39 is 0 Å². The molecule has 24 heavy (non-hydrogen) atoms. The van der Waals surface area contributed by atoms with Gasteiger partial charge in [-0.1, -0.05) is 66.7 Å². The fourth-order valence-corrected chi connectivity index (χ4v) is 3.27. The molecule has 4 rings (SSSR count). The molecule has 0 amide bonds. The molecular formula is C22H17NO. The Bertz CT molecular complexity index is 941. The number of ketones is 1. The molecule has 2 heteroatoms. The summed E-state index contributed by atoms with van der Waals surface area (Å²) in [5.41, 5.74) is 5.58. The van der Waals surface area contributed by atoms with Crippen LogP contribution < -0.4 is 0 Å². The van der Waals surface area contributed by atoms with Crippen LogP contribution in [0.5, 0.6) is 0 Å². The summed E-state index contributed by atoms with van der Waals surface area (Å²) in [5.74, 6) is -0.202. The van der Waals surface area contributed by atoms with E-state index >= 15 is 0 Å². The van der Waals surface area contributed by atoms with Crippen LogP contribution >= 0.6 is 0 Å². The van der Waals surface area contributed by atoms with Crippen molar-refractivity contribution in [3.05, 3.63) is 101 Å². The zero-order valence-corrected chi connectivity index (χ0v) is 13.4. The van der Waals surface area contributed by atoms with Crippen molar-refractivity contribution in [1.29, 1.82) is 0 Å². The molecule has 0 radical (unpaired) electrons. The molecular weight excluding hydrogens is 294 g/mol. The summed E-state index contributed by atoms with van der Waals surface area (Å²) >= 11 is 0. The number of Topliss-reactive ketones (excluding diaryl/α,β-unsaturated/α-hetero) is 1. The summed E-state index contributed by atoms with van der Waals surface area (Å²) in [4.78, 5) is 17.8. The second-order valence-electron chi connectivity index (χ2n) is 6.09. The van der Waals surface area contributed by atoms with Crippen molar-refractivity contribution in [1.82, 2.24) is 0 Å². The predicted molar refractivity (Wildman–Crippen MR) is 97.3 cm³/mol. The minimum Gasteiger partial charge on any atom is -0.293 e. The lowest BCUT2D eigenvalue weighted by atomic mass is 9.93. The van der Waals surface area contributed by atoms with E-state index in [0.717, 1.165) is 33.7 Å². The number of hydrogen-bond donors (Lipinski definition) is 0. The molecule has 0 spiro atoms. The first kappa shape index (κ1) is 14.6. The maximum Gasteiger partial charge on any atom is 0.176 e. The number of nitrogens with zero attached hydrogens (tertiary/aromatic N) is 1. The Balaban J connectivity index is 1.91. The molecule has 3 aromatic rings. The molecule has 1 atom stereocenters. The second-order valence-corrected chi connectivity index (χ2v) is 6.09. The van der Waals surface area contributed by atoms with Crippen LogP contribution in [-0.4, -0.2) is 11.5 Å². The summed E-state index contributed by atoms with van der Waals surface area (Å²) in [5, 5.41) is 0. The molecule has 116 valence electrons. The van der Waals surface area contributed by atoms with Gasteiger partial charge in [0.15, 0.2) is 5.78 Å². The number of rotatable bonds is 2. The van der Waals surface area contributed by atoms with Crippen LogP contribution in [0.25, 0.3) is 0 Å². The van der Waals surface area contributed by atoms with E-state index in [4.69, 9.17) is 4.99 Å². The minimum atomic E-state index is -0.330. The largest absolute Gasteiger partial charge is 0.293 e. The third-order valence-corrected chi connectivity index (χ3v) is 4.39. The number of aryl methyl sites for hydroxylation is 1. The Morgan fingerprint density at radius 3 is 2.25 bits per heavy atom. The van der Waals surface area contributed by atoms with Gasteiger partial charge in [0.1, 0.15) is 0 Å². The van der Waals surface area contributed by atoms with Crippen molar-refractivity contribution in [3.63, 3.8) is 0 Å². The van der Waals surface area contributed by atoms with Gasteiger partial charge in [0.05, 0.1) is 17.3 Å². The van der Waals surface area contributed by atoms with Gasteiger partial charge in [-0.2, -0.15) is 0 Å². The second kappa shape index (κ2) is 5.89. The Hall–Kier alpha value is -3.00. The van der Waals surface area contributed by atoms with Crippen LogP contribution in [0.3, 0.4) is 0 Å². The highest BCUT2D eigenvalue weighted by molar-refractivity contribution is 6.32. The number of fused-ring (bicyclic) bond motifs is 1. The van der Waals surface area contributed by atoms with Gasteiger partial charge in [-0.05, 0) is 30.2 Å². The van der Waals surface area contributed by atoms with Crippen molar-refractivity contribution in [2.45, 2.75) is 12.8 Å². The molecule has 1 aliphatic rings. The highest BCUT2D eigenvalue weighted by atomic mass is 16.1. The van der Waals surface area contributed by atoms with Crippen molar-refractivity contribution >= 4 is 17.2 Å². The molecule has 1 aliphatic carbocycles. The summed E-state index contributed by atoms with van der Waals surface area (Å²) < 4.78 is 0. The Morgan fingerprint density at radius 2 is 1.50 bits per heavy atom. The van der Waals surface area contributed by atoms with E-state index in [9.17, 15) is 4.79 Å². The van der Waals surface area contributed by atoms with Crippen molar-refractivity contribution in [2.75, 3.05) is 0 Å². The molecule has 0 bridgehead atoms. The van der Waals surface area contributed by atoms with Crippen molar-refractivity contribution in [2.24, 2.45) is 4.99 Å². The average molecular weight is 311 g/mol. The molecule has 3 aromatic carbocycles. The normalized spacial score (nSPS) is 18.0. The van der Waals surface area contributed by atoms with Crippen molar-refractivity contribution in [3.8, 4) is 0 Å². The highest BCUT2D eigenvalue weighted by Crippen LogP contribution is 2.36. The van der Waals surface area contributed by atoms with Crippen molar-refractivity contribution < 1.29 is 4.79 Å². The fraction of sp³-hybridized carbons (Fsp3) is 0.0909. The number of hydrogen-bond acceptors (Lipinski definition) is 2. The SMILES string of the molecule is Cc1cccc(N=C2c3ccccc3C(=O)C2c2ccccc2)c1. The number of aliphatic imine (C=N–C) groups is 1. The lowest BCUT2D eigenvalue weighted by Gasteiger charge is -2.11. The Kier molecular flexibility index (Phi) is 3.58. The smallest absolute Gasteiger partial charge is 0.176 e. The van der Waals surface area contributed by atoms with Crippen LogP contribution in [0.15, 0.2) is 83.9 Å². The number of benzene rings is 3. The van der Waals surface area contributed by atoms with Gasteiger partial charge in [-0.15, -0.1) is 0 Å². The molecule has 0 N–H and O–H groups in total. The van der Waals surface area contributed by atoms with Gasteiger partial charge in [0, 0.05) is 11.1 Å². The van der Waals surface area contributed by atoms with Crippen LogP contribution in [-0.2, 0) is 0 Å². The summed E-state index contributed by atoms with van der Waals surface area (Å²) in [6.45, 7) is 2.05. The molecule has 2 nitrogen and oxygen atoms in total. The lowest BCUT2D eigenvalue weighted by molar-refractivity contribution is 0.0988. The Labute approximate surface area is 141 Å². The third-order valence-electron chi connectivity index (χ3n) is 4.39. The molecule has 1 unspecified atom stereocenters. The van der Waals surface area contributed by atoms with Crippen LogP contribution in [0.1, 0.15) is 33.0 Å². The summed E-state index contributed by atoms with van der Waals surface area (Å²) in [6, 6.07) is 25.7.